The summed E-state index contributed by atoms with van der Waals surface area (Å²) >= 11 is 0. The van der Waals surface area contributed by atoms with E-state index in [-0.39, 0.29) is 0 Å². The van der Waals surface area contributed by atoms with Gasteiger partial charge in [-0.25, -0.2) is 19.9 Å². The van der Waals surface area contributed by atoms with Gasteiger partial charge in [0.1, 0.15) is 5.58 Å². The maximum atomic E-state index is 6.03. The second-order valence-corrected chi connectivity index (χ2v) is 10.7. The maximum absolute atomic E-state index is 6.03. The van der Waals surface area contributed by atoms with Crippen LogP contribution in [0.3, 0.4) is 0 Å². The molecule has 0 aliphatic carbocycles. The Balaban J connectivity index is 1.30. The Morgan fingerprint density at radius 3 is 2.02 bits per heavy atom. The molecule has 0 atom stereocenters. The number of fused-ring (bicyclic) bond motifs is 8. The molecular weight excluding hydrogens is 528 g/mol. The summed E-state index contributed by atoms with van der Waals surface area (Å²) < 4.78 is 6.03. The van der Waals surface area contributed by atoms with Crippen molar-refractivity contribution in [1.82, 2.24) is 19.9 Å². The first-order valence-electron chi connectivity index (χ1n) is 14.2. The van der Waals surface area contributed by atoms with Gasteiger partial charge in [0.05, 0.1) is 0 Å². The van der Waals surface area contributed by atoms with Gasteiger partial charge in [0, 0.05) is 33.7 Å². The number of benzene rings is 6. The van der Waals surface area contributed by atoms with Gasteiger partial charge in [0.2, 0.25) is 5.71 Å². The predicted molar refractivity (Wildman–Crippen MR) is 174 cm³/mol. The predicted octanol–water partition coefficient (Wildman–Crippen LogP) is 9.63. The zero-order chi connectivity index (χ0) is 28.3. The van der Waals surface area contributed by atoms with Crippen LogP contribution in [0, 0.1) is 0 Å². The highest BCUT2D eigenvalue weighted by Crippen LogP contribution is 2.37. The molecule has 0 N–H and O–H groups in total. The number of furan rings is 1. The first-order chi connectivity index (χ1) is 21.3. The lowest BCUT2D eigenvalue weighted by molar-refractivity contribution is 0.654. The van der Waals surface area contributed by atoms with Crippen molar-refractivity contribution in [2.75, 3.05) is 0 Å². The van der Waals surface area contributed by atoms with Gasteiger partial charge in [-0.3, -0.25) is 0 Å². The second kappa shape index (κ2) is 9.29. The molecule has 0 saturated heterocycles. The van der Waals surface area contributed by atoms with Crippen LogP contribution in [0.2, 0.25) is 0 Å². The lowest BCUT2D eigenvalue weighted by atomic mass is 9.97. The SMILES string of the molecule is c1ccc(-c2nc(-c3ccc4c(ccc5oc6ncccc6c54)c3)nc(-c3cc4ccccc4c4ccccc34)n2)cc1. The van der Waals surface area contributed by atoms with Gasteiger partial charge in [-0.15, -0.1) is 0 Å². The molecule has 5 heteroatoms. The van der Waals surface area contributed by atoms with Crippen LogP contribution < -0.4 is 0 Å². The van der Waals surface area contributed by atoms with E-state index < -0.39 is 0 Å². The van der Waals surface area contributed by atoms with Gasteiger partial charge in [0.25, 0.3) is 0 Å². The average molecular weight is 551 g/mol. The van der Waals surface area contributed by atoms with Gasteiger partial charge >= 0.3 is 0 Å². The van der Waals surface area contributed by atoms with E-state index >= 15 is 0 Å². The van der Waals surface area contributed by atoms with Crippen LogP contribution in [-0.2, 0) is 0 Å². The van der Waals surface area contributed by atoms with Crippen molar-refractivity contribution in [3.63, 3.8) is 0 Å². The van der Waals surface area contributed by atoms with Crippen LogP contribution in [0.15, 0.2) is 138 Å². The van der Waals surface area contributed by atoms with E-state index in [1.807, 2.05) is 42.5 Å². The largest absolute Gasteiger partial charge is 0.438 e. The van der Waals surface area contributed by atoms with Crippen molar-refractivity contribution in [1.29, 1.82) is 0 Å². The van der Waals surface area contributed by atoms with Gasteiger partial charge in [-0.05, 0) is 62.6 Å². The Bertz CT molecular complexity index is 2520. The Morgan fingerprint density at radius 1 is 0.442 bits per heavy atom. The second-order valence-electron chi connectivity index (χ2n) is 10.7. The smallest absolute Gasteiger partial charge is 0.227 e. The molecule has 0 amide bonds. The first kappa shape index (κ1) is 23.7. The molecule has 0 unspecified atom stereocenters. The molecule has 0 spiro atoms. The van der Waals surface area contributed by atoms with Crippen molar-refractivity contribution in [2.24, 2.45) is 0 Å². The number of nitrogens with zero attached hydrogens (tertiary/aromatic N) is 4. The maximum Gasteiger partial charge on any atom is 0.227 e. The van der Waals surface area contributed by atoms with Crippen LogP contribution in [0.4, 0.5) is 0 Å². The van der Waals surface area contributed by atoms with Crippen LogP contribution >= 0.6 is 0 Å². The molecule has 6 aromatic carbocycles. The summed E-state index contributed by atoms with van der Waals surface area (Å²) in [6.07, 6.45) is 1.76. The van der Waals surface area contributed by atoms with E-state index in [2.05, 4.69) is 89.9 Å². The monoisotopic (exact) mass is 550 g/mol. The fourth-order valence-corrected chi connectivity index (χ4v) is 6.16. The highest BCUT2D eigenvalue weighted by Gasteiger charge is 2.17. The molecule has 3 aromatic heterocycles. The Kier molecular flexibility index (Phi) is 5.13. The van der Waals surface area contributed by atoms with Crippen molar-refractivity contribution in [3.8, 4) is 34.2 Å². The first-order valence-corrected chi connectivity index (χ1v) is 14.2. The number of rotatable bonds is 3. The highest BCUT2D eigenvalue weighted by atomic mass is 16.3. The van der Waals surface area contributed by atoms with Gasteiger partial charge < -0.3 is 4.42 Å². The average Bonchev–Trinajstić information content (AvgIpc) is 3.47. The summed E-state index contributed by atoms with van der Waals surface area (Å²) in [7, 11) is 0. The quantitative estimate of drug-likeness (QED) is 0.205. The lowest BCUT2D eigenvalue weighted by Crippen LogP contribution is -2.00. The normalized spacial score (nSPS) is 11.7. The molecule has 0 aliphatic heterocycles. The summed E-state index contributed by atoms with van der Waals surface area (Å²) in [5, 5.41) is 8.90. The summed E-state index contributed by atoms with van der Waals surface area (Å²) in [6, 6.07) is 43.7. The molecule has 5 nitrogen and oxygen atoms in total. The van der Waals surface area contributed by atoms with Crippen molar-refractivity contribution in [3.05, 3.63) is 134 Å². The number of hydrogen-bond donors (Lipinski definition) is 0. The van der Waals surface area contributed by atoms with Gasteiger partial charge in [-0.2, -0.15) is 0 Å². The highest BCUT2D eigenvalue weighted by molar-refractivity contribution is 6.18. The Morgan fingerprint density at radius 2 is 1.14 bits per heavy atom. The Hall–Kier alpha value is -5.94. The molecule has 0 bridgehead atoms. The van der Waals surface area contributed by atoms with E-state index in [1.165, 1.54) is 10.8 Å². The summed E-state index contributed by atoms with van der Waals surface area (Å²) in [4.78, 5) is 19.6. The molecule has 9 rings (SSSR count). The van der Waals surface area contributed by atoms with E-state index in [1.54, 1.807) is 6.20 Å². The molecule has 43 heavy (non-hydrogen) atoms. The third kappa shape index (κ3) is 3.79. The van der Waals surface area contributed by atoms with Crippen LogP contribution in [0.25, 0.3) is 88.5 Å². The molecule has 0 aliphatic rings. The van der Waals surface area contributed by atoms with Crippen molar-refractivity contribution >= 4 is 54.4 Å². The van der Waals surface area contributed by atoms with E-state index in [9.17, 15) is 0 Å². The number of hydrogen-bond acceptors (Lipinski definition) is 5. The van der Waals surface area contributed by atoms with E-state index in [0.717, 1.165) is 54.6 Å². The van der Waals surface area contributed by atoms with Crippen LogP contribution in [-0.4, -0.2) is 19.9 Å². The standard InChI is InChI=1S/C38H22N4O/c1-2-9-23(10-3-1)35-40-36(26-16-18-28-25(21-26)17-19-33-34(28)31-15-8-20-39-38(31)43-33)42-37(41-35)32-22-24-11-4-5-12-27(24)29-13-6-7-14-30(29)32/h1-22H. The topological polar surface area (TPSA) is 64.7 Å². The fraction of sp³-hybridized carbons (Fsp3) is 0. The van der Waals surface area contributed by atoms with Crippen molar-refractivity contribution < 1.29 is 4.42 Å². The third-order valence-corrected chi connectivity index (χ3v) is 8.16. The minimum Gasteiger partial charge on any atom is -0.438 e. The summed E-state index contributed by atoms with van der Waals surface area (Å²) in [5.74, 6) is 1.91. The Labute approximate surface area is 246 Å². The third-order valence-electron chi connectivity index (χ3n) is 8.16. The minimum absolute atomic E-state index is 0.627. The van der Waals surface area contributed by atoms with Gasteiger partial charge in [-0.1, -0.05) is 97.1 Å². The fourth-order valence-electron chi connectivity index (χ4n) is 6.16. The molecule has 3 heterocycles. The molecule has 0 saturated carbocycles. The van der Waals surface area contributed by atoms with Crippen molar-refractivity contribution in [2.45, 2.75) is 0 Å². The van der Waals surface area contributed by atoms with E-state index in [0.29, 0.717) is 23.2 Å². The van der Waals surface area contributed by atoms with Crippen LogP contribution in [0.5, 0.6) is 0 Å². The molecule has 200 valence electrons. The molecule has 9 aromatic rings. The molecular formula is C38H22N4O. The minimum atomic E-state index is 0.627. The molecule has 0 fully saturated rings. The zero-order valence-electron chi connectivity index (χ0n) is 22.9. The van der Waals surface area contributed by atoms with Gasteiger partial charge in [0.15, 0.2) is 17.5 Å². The summed E-state index contributed by atoms with van der Waals surface area (Å²) in [5.41, 5.74) is 4.31. The number of pyridine rings is 1. The van der Waals surface area contributed by atoms with E-state index in [4.69, 9.17) is 19.4 Å². The lowest BCUT2D eigenvalue weighted by Gasteiger charge is -2.12. The van der Waals surface area contributed by atoms with Crippen LogP contribution in [0.1, 0.15) is 0 Å². The molecule has 0 radical (unpaired) electrons. The summed E-state index contributed by atoms with van der Waals surface area (Å²) in [6.45, 7) is 0. The zero-order valence-corrected chi connectivity index (χ0v) is 22.9. The number of aromatic nitrogens is 4.